The number of carbonyl (C=O) groups excluding carboxylic acids is 1. The number of halogens is 2. The Bertz CT molecular complexity index is 655. The molecule has 23 heavy (non-hydrogen) atoms. The molecule has 0 aliphatic rings. The monoisotopic (exact) mass is 574 g/mol. The average Bonchev–Trinajstić information content (AvgIpc) is 2.56. The number of hydrogen-bond donors (Lipinski definition) is 0. The Morgan fingerprint density at radius 1 is 1.04 bits per heavy atom. The lowest BCUT2D eigenvalue weighted by Crippen LogP contribution is -2.05. The molecule has 1 unspecified atom stereocenters. The van der Waals surface area contributed by atoms with Crippen molar-refractivity contribution < 1.29 is 17.9 Å². The minimum atomic E-state index is -0.211. The molecule has 2 rings (SSSR count). The van der Waals surface area contributed by atoms with Gasteiger partial charge in [0.05, 0.1) is 0 Å². The van der Waals surface area contributed by atoms with Crippen LogP contribution < -0.4 is 13.1 Å². The SMILES string of the molecule is CC(Oc1cc(OSI)cc(OSI)c1C=O)c1ccccc1. The number of aldehydes is 1. The van der Waals surface area contributed by atoms with Crippen molar-refractivity contribution in [3.63, 3.8) is 0 Å². The highest BCUT2D eigenvalue weighted by Crippen LogP contribution is 2.39. The Kier molecular flexibility index (Phi) is 8.13. The van der Waals surface area contributed by atoms with Gasteiger partial charge in [0.15, 0.2) is 12.0 Å². The highest BCUT2D eigenvalue weighted by Gasteiger charge is 2.17. The summed E-state index contributed by atoms with van der Waals surface area (Å²) in [5, 5.41) is 0. The molecule has 0 radical (unpaired) electrons. The molecule has 1 atom stereocenters. The van der Waals surface area contributed by atoms with Crippen LogP contribution in [0, 0.1) is 0 Å². The van der Waals surface area contributed by atoms with E-state index in [-0.39, 0.29) is 6.10 Å². The predicted molar refractivity (Wildman–Crippen MR) is 112 cm³/mol. The lowest BCUT2D eigenvalue weighted by atomic mass is 10.1. The van der Waals surface area contributed by atoms with Crippen molar-refractivity contribution in [2.24, 2.45) is 0 Å². The molecule has 122 valence electrons. The van der Waals surface area contributed by atoms with Crippen LogP contribution >= 0.6 is 60.8 Å². The second-order valence-electron chi connectivity index (χ2n) is 4.41. The fraction of sp³-hybridized carbons (Fsp3) is 0.133. The molecule has 0 fully saturated rings. The zero-order valence-electron chi connectivity index (χ0n) is 11.9. The van der Waals surface area contributed by atoms with Gasteiger partial charge in [-0.1, -0.05) is 30.3 Å². The van der Waals surface area contributed by atoms with Gasteiger partial charge in [0, 0.05) is 54.5 Å². The molecule has 4 nitrogen and oxygen atoms in total. The molecular formula is C15H12I2O4S2. The van der Waals surface area contributed by atoms with Gasteiger partial charge in [-0.15, -0.1) is 0 Å². The largest absolute Gasteiger partial charge is 0.485 e. The first-order valence-electron chi connectivity index (χ1n) is 6.45. The van der Waals surface area contributed by atoms with Crippen molar-refractivity contribution in [3.05, 3.63) is 53.6 Å². The van der Waals surface area contributed by atoms with E-state index in [9.17, 15) is 4.79 Å². The number of hydrogen-bond acceptors (Lipinski definition) is 6. The molecule has 0 aliphatic heterocycles. The third-order valence-electron chi connectivity index (χ3n) is 3.02. The molecule has 2 aromatic carbocycles. The van der Waals surface area contributed by atoms with Crippen molar-refractivity contribution in [2.45, 2.75) is 13.0 Å². The average molecular weight is 574 g/mol. The smallest absolute Gasteiger partial charge is 0.157 e. The van der Waals surface area contributed by atoms with Crippen molar-refractivity contribution in [1.29, 1.82) is 0 Å². The summed E-state index contributed by atoms with van der Waals surface area (Å²) in [6.07, 6.45) is 0.522. The Morgan fingerprint density at radius 3 is 2.30 bits per heavy atom. The zero-order valence-corrected chi connectivity index (χ0v) is 17.8. The molecule has 8 heteroatoms. The second-order valence-corrected chi connectivity index (χ2v) is 7.16. The highest BCUT2D eigenvalue weighted by molar-refractivity contribution is 14.2. The van der Waals surface area contributed by atoms with E-state index in [0.29, 0.717) is 22.8 Å². The van der Waals surface area contributed by atoms with Crippen LogP contribution in [0.3, 0.4) is 0 Å². The van der Waals surface area contributed by atoms with Crippen molar-refractivity contribution in [2.75, 3.05) is 0 Å². The van der Waals surface area contributed by atoms with E-state index >= 15 is 0 Å². The fourth-order valence-electron chi connectivity index (χ4n) is 1.96. The number of benzene rings is 2. The Morgan fingerprint density at radius 2 is 1.70 bits per heavy atom. The third-order valence-corrected chi connectivity index (χ3v) is 4.59. The number of rotatable bonds is 8. The normalized spacial score (nSPS) is 11.6. The van der Waals surface area contributed by atoms with E-state index < -0.39 is 0 Å². The van der Waals surface area contributed by atoms with E-state index in [2.05, 4.69) is 0 Å². The van der Waals surface area contributed by atoms with E-state index in [1.54, 1.807) is 12.1 Å². The summed E-state index contributed by atoms with van der Waals surface area (Å²) in [6, 6.07) is 13.2. The summed E-state index contributed by atoms with van der Waals surface area (Å²) in [6.45, 7) is 1.93. The number of ether oxygens (including phenoxy) is 1. The van der Waals surface area contributed by atoms with Crippen LogP contribution in [0.5, 0.6) is 17.2 Å². The molecule has 0 aliphatic carbocycles. The van der Waals surface area contributed by atoms with Gasteiger partial charge in [-0.3, -0.25) is 4.79 Å². The van der Waals surface area contributed by atoms with Gasteiger partial charge in [0.2, 0.25) is 0 Å². The summed E-state index contributed by atoms with van der Waals surface area (Å²) in [5.41, 5.74) is 1.38. The van der Waals surface area contributed by atoms with E-state index in [0.717, 1.165) is 21.1 Å². The summed E-state index contributed by atoms with van der Waals surface area (Å²) in [4.78, 5) is 11.5. The summed E-state index contributed by atoms with van der Waals surface area (Å²) < 4.78 is 16.9. The van der Waals surface area contributed by atoms with Crippen LogP contribution in [0.2, 0.25) is 0 Å². The molecular weight excluding hydrogens is 562 g/mol. The van der Waals surface area contributed by atoms with Gasteiger partial charge in [-0.25, -0.2) is 0 Å². The molecule has 0 spiro atoms. The Hall–Kier alpha value is -0.330. The first kappa shape index (κ1) is 19.0. The molecule has 0 saturated heterocycles. The standard InChI is InChI=1S/C15H12I2O4S2/c1-10(11-5-3-2-4-6-11)19-14-7-12(20-22-16)8-15(21-23-17)13(14)9-18/h2-10H,1H3. The van der Waals surface area contributed by atoms with Crippen LogP contribution in [0.4, 0.5) is 0 Å². The molecule has 0 N–H and O–H groups in total. The first-order chi connectivity index (χ1) is 11.2. The fourth-order valence-corrected chi connectivity index (χ4v) is 3.54. The van der Waals surface area contributed by atoms with Crippen molar-refractivity contribution in [1.82, 2.24) is 0 Å². The Balaban J connectivity index is 2.36. The summed E-state index contributed by atoms with van der Waals surface area (Å²) in [7, 11) is 2.31. The molecule has 0 saturated carbocycles. The van der Waals surface area contributed by atoms with Gasteiger partial charge in [-0.05, 0) is 12.5 Å². The maximum atomic E-state index is 11.5. The van der Waals surface area contributed by atoms with Gasteiger partial charge in [-0.2, -0.15) is 0 Å². The summed E-state index contributed by atoms with van der Waals surface area (Å²) >= 11 is 4.02. The second kappa shape index (κ2) is 9.84. The van der Waals surface area contributed by atoms with Crippen LogP contribution in [0.25, 0.3) is 0 Å². The van der Waals surface area contributed by atoms with Crippen LogP contribution in [0.1, 0.15) is 28.9 Å². The molecule has 0 aromatic heterocycles. The maximum absolute atomic E-state index is 11.5. The van der Waals surface area contributed by atoms with E-state index in [1.165, 1.54) is 9.21 Å². The van der Waals surface area contributed by atoms with Gasteiger partial charge < -0.3 is 13.1 Å². The van der Waals surface area contributed by atoms with E-state index in [4.69, 9.17) is 13.1 Å². The zero-order chi connectivity index (χ0) is 16.7. The van der Waals surface area contributed by atoms with Gasteiger partial charge in [0.25, 0.3) is 0 Å². The predicted octanol–water partition coefficient (Wildman–Crippen LogP) is 6.39. The minimum Gasteiger partial charge on any atom is -0.485 e. The Labute approximate surface area is 167 Å². The third kappa shape index (κ3) is 5.33. The van der Waals surface area contributed by atoms with Gasteiger partial charge >= 0.3 is 0 Å². The van der Waals surface area contributed by atoms with Crippen LogP contribution in [-0.2, 0) is 0 Å². The first-order valence-corrected chi connectivity index (χ1v) is 13.0. The van der Waals surface area contributed by atoms with Crippen LogP contribution in [0.15, 0.2) is 42.5 Å². The molecule has 2 aromatic rings. The quantitative estimate of drug-likeness (QED) is 0.207. The molecule has 0 amide bonds. The minimum absolute atomic E-state index is 0.211. The van der Waals surface area contributed by atoms with Crippen molar-refractivity contribution >= 4 is 67.1 Å². The van der Waals surface area contributed by atoms with Crippen LogP contribution in [-0.4, -0.2) is 6.29 Å². The maximum Gasteiger partial charge on any atom is 0.157 e. The number of carbonyl (C=O) groups is 1. The molecule has 0 heterocycles. The highest BCUT2D eigenvalue weighted by atomic mass is 127. The van der Waals surface area contributed by atoms with Crippen molar-refractivity contribution in [3.8, 4) is 17.2 Å². The van der Waals surface area contributed by atoms with Gasteiger partial charge in [0.1, 0.15) is 41.6 Å². The van der Waals surface area contributed by atoms with E-state index in [1.807, 2.05) is 79.7 Å². The topological polar surface area (TPSA) is 44.8 Å². The summed E-state index contributed by atoms with van der Waals surface area (Å²) in [5.74, 6) is 1.41. The lowest BCUT2D eigenvalue weighted by molar-refractivity contribution is 0.111. The molecule has 0 bridgehead atoms. The lowest BCUT2D eigenvalue weighted by Gasteiger charge is -2.18.